The predicted octanol–water partition coefficient (Wildman–Crippen LogP) is 19.2. The number of hydrogen-bond acceptors (Lipinski definition) is 5. The minimum Gasteiger partial charge on any atom is -0.466 e. The van der Waals surface area contributed by atoms with Crippen LogP contribution in [0.3, 0.4) is 0 Å². The predicted molar refractivity (Wildman–Crippen MR) is 297 cm³/mol. The lowest BCUT2D eigenvalue weighted by molar-refractivity contribution is -0.143. The van der Waals surface area contributed by atoms with Crippen LogP contribution < -0.4 is 5.32 Å². The third kappa shape index (κ3) is 53.9. The quantitative estimate of drug-likeness (QED) is 0.0321. The SMILES string of the molecule is CCCCCCCCCCCCCCCC/C=C/C(O)C(CO)NC(=O)CCCCCCCCCCCCCCCCCCCCOC(=O)CCCCCCCCCCCCCCCCCCC. The Morgan fingerprint density at radius 3 is 1.00 bits per heavy atom. The average molecular weight is 961 g/mol. The van der Waals surface area contributed by atoms with Gasteiger partial charge < -0.3 is 20.3 Å². The van der Waals surface area contributed by atoms with Crippen molar-refractivity contribution in [3.63, 3.8) is 0 Å². The Hall–Kier alpha value is -1.40. The Morgan fingerprint density at radius 1 is 0.397 bits per heavy atom. The van der Waals surface area contributed by atoms with Crippen molar-refractivity contribution < 1.29 is 24.5 Å². The zero-order chi connectivity index (χ0) is 49.3. The highest BCUT2D eigenvalue weighted by Crippen LogP contribution is 2.18. The zero-order valence-corrected chi connectivity index (χ0v) is 46.1. The lowest BCUT2D eigenvalue weighted by Crippen LogP contribution is -2.45. The lowest BCUT2D eigenvalue weighted by Gasteiger charge is -2.20. The Morgan fingerprint density at radius 2 is 0.676 bits per heavy atom. The van der Waals surface area contributed by atoms with Gasteiger partial charge in [-0.05, 0) is 32.1 Å². The number of nitrogens with one attached hydrogen (secondary N) is 1. The summed E-state index contributed by atoms with van der Waals surface area (Å²) in [5.41, 5.74) is 0. The van der Waals surface area contributed by atoms with E-state index in [4.69, 9.17) is 4.74 Å². The van der Waals surface area contributed by atoms with Crippen LogP contribution >= 0.6 is 0 Å². The minimum absolute atomic E-state index is 0.0112. The highest BCUT2D eigenvalue weighted by molar-refractivity contribution is 5.76. The number of aliphatic hydroxyl groups is 2. The van der Waals surface area contributed by atoms with Crippen molar-refractivity contribution in [1.82, 2.24) is 5.32 Å². The molecule has 0 saturated heterocycles. The average Bonchev–Trinajstić information content (AvgIpc) is 3.34. The third-order valence-corrected chi connectivity index (χ3v) is 14.6. The Kier molecular flexibility index (Phi) is 57.0. The van der Waals surface area contributed by atoms with Crippen LogP contribution in [-0.4, -0.2) is 47.4 Å². The topological polar surface area (TPSA) is 95.9 Å². The van der Waals surface area contributed by atoms with Gasteiger partial charge in [0.05, 0.1) is 25.4 Å². The second-order valence-electron chi connectivity index (χ2n) is 21.4. The highest BCUT2D eigenvalue weighted by Gasteiger charge is 2.18. The molecule has 0 aliphatic heterocycles. The Labute approximate surface area is 425 Å². The van der Waals surface area contributed by atoms with Crippen molar-refractivity contribution in [2.75, 3.05) is 13.2 Å². The minimum atomic E-state index is -0.846. The van der Waals surface area contributed by atoms with E-state index in [-0.39, 0.29) is 18.5 Å². The van der Waals surface area contributed by atoms with Gasteiger partial charge in [-0.2, -0.15) is 0 Å². The van der Waals surface area contributed by atoms with Gasteiger partial charge in [-0.15, -0.1) is 0 Å². The van der Waals surface area contributed by atoms with Crippen LogP contribution in [0.5, 0.6) is 0 Å². The van der Waals surface area contributed by atoms with Gasteiger partial charge in [0.2, 0.25) is 5.91 Å². The molecule has 0 fully saturated rings. The molecule has 0 bridgehead atoms. The standard InChI is InChI=1S/C62H121NO5/c1-3-5-7-9-11-13-15-17-19-23-28-32-36-40-44-48-52-56-62(67)68-57-53-49-45-41-37-33-29-25-22-21-24-27-31-35-39-43-47-51-55-61(66)63-59(58-64)60(65)54-50-46-42-38-34-30-26-20-18-16-14-12-10-8-6-4-2/h50,54,59-60,64-65H,3-49,51-53,55-58H2,1-2H3,(H,63,66)/b54-50+. The van der Waals surface area contributed by atoms with Crippen LogP contribution in [-0.2, 0) is 14.3 Å². The van der Waals surface area contributed by atoms with E-state index >= 15 is 0 Å². The van der Waals surface area contributed by atoms with Gasteiger partial charge in [-0.1, -0.05) is 315 Å². The fourth-order valence-electron chi connectivity index (χ4n) is 9.81. The van der Waals surface area contributed by atoms with Gasteiger partial charge in [-0.3, -0.25) is 9.59 Å². The molecule has 0 aromatic rings. The molecule has 404 valence electrons. The number of carbonyl (C=O) groups excluding carboxylic acids is 2. The van der Waals surface area contributed by atoms with E-state index in [1.54, 1.807) is 6.08 Å². The maximum atomic E-state index is 12.5. The molecular weight excluding hydrogens is 839 g/mol. The number of allylic oxidation sites excluding steroid dienone is 1. The van der Waals surface area contributed by atoms with Crippen LogP contribution in [0.1, 0.15) is 348 Å². The van der Waals surface area contributed by atoms with E-state index in [2.05, 4.69) is 19.2 Å². The first-order chi connectivity index (χ1) is 33.5. The molecular formula is C62H121NO5. The molecule has 0 spiro atoms. The van der Waals surface area contributed by atoms with E-state index in [0.717, 1.165) is 38.5 Å². The summed E-state index contributed by atoms with van der Waals surface area (Å²) < 4.78 is 5.49. The molecule has 0 aliphatic rings. The van der Waals surface area contributed by atoms with Crippen molar-refractivity contribution in [2.45, 2.75) is 360 Å². The van der Waals surface area contributed by atoms with E-state index in [1.165, 1.54) is 283 Å². The number of unbranched alkanes of at least 4 members (excludes halogenated alkanes) is 47. The van der Waals surface area contributed by atoms with Gasteiger partial charge in [-0.25, -0.2) is 0 Å². The Balaban J connectivity index is 3.40. The Bertz CT molecular complexity index is 1020. The summed E-state index contributed by atoms with van der Waals surface area (Å²) in [6.45, 7) is 4.93. The summed E-state index contributed by atoms with van der Waals surface area (Å²) in [5.74, 6) is -0.0581. The molecule has 0 rings (SSSR count). The van der Waals surface area contributed by atoms with Crippen LogP contribution in [0.2, 0.25) is 0 Å². The molecule has 1 amide bonds. The van der Waals surface area contributed by atoms with Gasteiger partial charge >= 0.3 is 5.97 Å². The fraction of sp³-hybridized carbons (Fsp3) is 0.935. The number of amides is 1. The normalized spacial score (nSPS) is 12.6. The van der Waals surface area contributed by atoms with Crippen LogP contribution in [0, 0.1) is 0 Å². The molecule has 0 radical (unpaired) electrons. The number of rotatable bonds is 58. The van der Waals surface area contributed by atoms with Gasteiger partial charge in [0, 0.05) is 12.8 Å². The summed E-state index contributed by atoms with van der Waals surface area (Å²) >= 11 is 0. The van der Waals surface area contributed by atoms with Crippen molar-refractivity contribution >= 4 is 11.9 Å². The number of esters is 1. The van der Waals surface area contributed by atoms with Crippen LogP contribution in [0.25, 0.3) is 0 Å². The summed E-state index contributed by atoms with van der Waals surface area (Å²) in [4.78, 5) is 24.6. The first kappa shape index (κ1) is 66.6. The summed E-state index contributed by atoms with van der Waals surface area (Å²) in [6, 6.07) is -0.630. The summed E-state index contributed by atoms with van der Waals surface area (Å²) in [7, 11) is 0. The molecule has 2 atom stereocenters. The molecule has 0 aromatic carbocycles. The fourth-order valence-corrected chi connectivity index (χ4v) is 9.81. The van der Waals surface area contributed by atoms with Crippen LogP contribution in [0.15, 0.2) is 12.2 Å². The molecule has 0 aliphatic carbocycles. The van der Waals surface area contributed by atoms with Crippen molar-refractivity contribution in [3.05, 3.63) is 12.2 Å². The number of aliphatic hydroxyl groups excluding tert-OH is 2. The zero-order valence-electron chi connectivity index (χ0n) is 46.1. The van der Waals surface area contributed by atoms with E-state index < -0.39 is 12.1 Å². The molecule has 6 heteroatoms. The van der Waals surface area contributed by atoms with Gasteiger partial charge in [0.1, 0.15) is 0 Å². The molecule has 6 nitrogen and oxygen atoms in total. The maximum Gasteiger partial charge on any atom is 0.305 e. The smallest absolute Gasteiger partial charge is 0.305 e. The molecule has 0 aromatic heterocycles. The maximum absolute atomic E-state index is 12.5. The summed E-state index contributed by atoms with van der Waals surface area (Å²) in [6.07, 6.45) is 69.6. The van der Waals surface area contributed by atoms with E-state index in [9.17, 15) is 19.8 Å². The van der Waals surface area contributed by atoms with E-state index in [1.807, 2.05) is 6.08 Å². The first-order valence-corrected chi connectivity index (χ1v) is 31.0. The summed E-state index contributed by atoms with van der Waals surface area (Å²) in [5, 5.41) is 23.1. The molecule has 3 N–H and O–H groups in total. The molecule has 2 unspecified atom stereocenters. The van der Waals surface area contributed by atoms with Crippen LogP contribution in [0.4, 0.5) is 0 Å². The highest BCUT2D eigenvalue weighted by atomic mass is 16.5. The van der Waals surface area contributed by atoms with Gasteiger partial charge in [0.15, 0.2) is 0 Å². The van der Waals surface area contributed by atoms with E-state index in [0.29, 0.717) is 19.4 Å². The van der Waals surface area contributed by atoms with Crippen molar-refractivity contribution in [2.24, 2.45) is 0 Å². The second-order valence-corrected chi connectivity index (χ2v) is 21.4. The monoisotopic (exact) mass is 960 g/mol. The first-order valence-electron chi connectivity index (χ1n) is 31.0. The molecule has 0 saturated carbocycles. The number of ether oxygens (including phenoxy) is 1. The van der Waals surface area contributed by atoms with Crippen molar-refractivity contribution in [3.8, 4) is 0 Å². The van der Waals surface area contributed by atoms with Gasteiger partial charge in [0.25, 0.3) is 0 Å². The number of hydrogen-bond donors (Lipinski definition) is 3. The van der Waals surface area contributed by atoms with Crippen molar-refractivity contribution in [1.29, 1.82) is 0 Å². The lowest BCUT2D eigenvalue weighted by atomic mass is 10.0. The molecule has 68 heavy (non-hydrogen) atoms. The number of carbonyl (C=O) groups is 2. The largest absolute Gasteiger partial charge is 0.466 e. The second kappa shape index (κ2) is 58.2. The third-order valence-electron chi connectivity index (χ3n) is 14.6. The molecule has 0 heterocycles.